The van der Waals surface area contributed by atoms with Crippen LogP contribution in [0.3, 0.4) is 0 Å². The number of carbonyl (C=O) groups is 2. The second-order valence-corrected chi connectivity index (χ2v) is 9.51. The van der Waals surface area contributed by atoms with Gasteiger partial charge in [0.25, 0.3) is 5.91 Å². The van der Waals surface area contributed by atoms with Gasteiger partial charge in [0.2, 0.25) is 5.91 Å². The van der Waals surface area contributed by atoms with Crippen LogP contribution in [0.2, 0.25) is 0 Å². The van der Waals surface area contributed by atoms with Crippen molar-refractivity contribution < 1.29 is 14.0 Å². The lowest BCUT2D eigenvalue weighted by molar-refractivity contribution is -0.123. The molecule has 0 fully saturated rings. The molecule has 2 amide bonds. The molecule has 4 rings (SSSR count). The van der Waals surface area contributed by atoms with Gasteiger partial charge in [0.05, 0.1) is 6.42 Å². The third-order valence-corrected chi connectivity index (χ3v) is 6.97. The maximum atomic E-state index is 14.3. The van der Waals surface area contributed by atoms with Gasteiger partial charge in [0.15, 0.2) is 0 Å². The number of rotatable bonds is 7. The number of hydrogen-bond acceptors (Lipinski definition) is 3. The number of amides is 2. The lowest BCUT2D eigenvalue weighted by atomic mass is 9.97. The summed E-state index contributed by atoms with van der Waals surface area (Å²) in [6.07, 6.45) is 3.14. The average molecular weight is 475 g/mol. The zero-order valence-corrected chi connectivity index (χ0v) is 20.1. The number of allylic oxidation sites excluding steroid dienone is 1. The van der Waals surface area contributed by atoms with Crippen LogP contribution in [0.4, 0.5) is 15.8 Å². The summed E-state index contributed by atoms with van der Waals surface area (Å²) >= 11 is 1.65. The van der Waals surface area contributed by atoms with Gasteiger partial charge in [0, 0.05) is 17.1 Å². The van der Waals surface area contributed by atoms with Gasteiger partial charge in [-0.25, -0.2) is 4.39 Å². The molecule has 0 saturated heterocycles. The standard InChI is InChI=1S/C28H27FN2O2S/c1-19-9-3-5-14-24(19)27(28(33)30-25-15-6-4-10-20(25)2)31(22-12-7-11-21(29)17-22)26(32)18-23-13-8-16-34-23/h3-7,9-15,17,27H,8,16,18H2,1-2H3,(H,30,33). The van der Waals surface area contributed by atoms with E-state index in [1.54, 1.807) is 23.9 Å². The topological polar surface area (TPSA) is 49.4 Å². The average Bonchev–Trinajstić information content (AvgIpc) is 3.32. The predicted molar refractivity (Wildman–Crippen MR) is 137 cm³/mol. The maximum absolute atomic E-state index is 14.3. The van der Waals surface area contributed by atoms with Crippen LogP contribution in [0.5, 0.6) is 0 Å². The molecule has 1 aliphatic rings. The van der Waals surface area contributed by atoms with E-state index in [0.717, 1.165) is 28.2 Å². The zero-order chi connectivity index (χ0) is 24.1. The Kier molecular flexibility index (Phi) is 7.48. The Labute approximate surface area is 203 Å². The van der Waals surface area contributed by atoms with E-state index in [1.807, 2.05) is 62.4 Å². The highest BCUT2D eigenvalue weighted by molar-refractivity contribution is 8.03. The van der Waals surface area contributed by atoms with Crippen molar-refractivity contribution in [2.75, 3.05) is 16.0 Å². The van der Waals surface area contributed by atoms with Gasteiger partial charge >= 0.3 is 0 Å². The van der Waals surface area contributed by atoms with Crippen LogP contribution in [0.1, 0.15) is 35.6 Å². The number of para-hydroxylation sites is 1. The molecule has 3 aromatic carbocycles. The van der Waals surface area contributed by atoms with E-state index in [0.29, 0.717) is 16.9 Å². The van der Waals surface area contributed by atoms with Gasteiger partial charge in [-0.2, -0.15) is 0 Å². The van der Waals surface area contributed by atoms with Crippen molar-refractivity contribution in [1.82, 2.24) is 0 Å². The van der Waals surface area contributed by atoms with Crippen LogP contribution in [0.15, 0.2) is 83.8 Å². The fraction of sp³-hybridized carbons (Fsp3) is 0.214. The molecule has 0 bridgehead atoms. The van der Waals surface area contributed by atoms with Gasteiger partial charge in [-0.3, -0.25) is 14.5 Å². The number of halogens is 1. The molecule has 6 heteroatoms. The van der Waals surface area contributed by atoms with Crippen molar-refractivity contribution in [3.05, 3.63) is 106 Å². The molecule has 174 valence electrons. The molecule has 4 nitrogen and oxygen atoms in total. The van der Waals surface area contributed by atoms with E-state index >= 15 is 0 Å². The minimum absolute atomic E-state index is 0.168. The molecule has 0 saturated carbocycles. The molecule has 1 heterocycles. The molecule has 1 atom stereocenters. The summed E-state index contributed by atoms with van der Waals surface area (Å²) in [4.78, 5) is 30.0. The highest BCUT2D eigenvalue weighted by Gasteiger charge is 2.34. The number of nitrogens with one attached hydrogen (secondary N) is 1. The van der Waals surface area contributed by atoms with E-state index in [2.05, 4.69) is 11.4 Å². The Hall–Kier alpha value is -3.38. The summed E-state index contributed by atoms with van der Waals surface area (Å²) < 4.78 is 14.3. The molecule has 0 radical (unpaired) electrons. The summed E-state index contributed by atoms with van der Waals surface area (Å²) in [7, 11) is 0. The monoisotopic (exact) mass is 474 g/mol. The zero-order valence-electron chi connectivity index (χ0n) is 19.3. The highest BCUT2D eigenvalue weighted by Crippen LogP contribution is 2.35. The maximum Gasteiger partial charge on any atom is 0.252 e. The number of benzene rings is 3. The van der Waals surface area contributed by atoms with E-state index in [-0.39, 0.29) is 18.2 Å². The molecular weight excluding hydrogens is 447 g/mol. The number of carbonyl (C=O) groups excluding carboxylic acids is 2. The Bertz CT molecular complexity index is 1240. The van der Waals surface area contributed by atoms with Crippen LogP contribution in [0, 0.1) is 19.7 Å². The normalized spacial score (nSPS) is 13.8. The van der Waals surface area contributed by atoms with E-state index < -0.39 is 11.9 Å². The van der Waals surface area contributed by atoms with Crippen molar-refractivity contribution >= 4 is 35.0 Å². The first-order valence-electron chi connectivity index (χ1n) is 11.3. The third kappa shape index (κ3) is 5.39. The number of nitrogens with zero attached hydrogens (tertiary/aromatic N) is 1. The summed E-state index contributed by atoms with van der Waals surface area (Å²) in [5.41, 5.74) is 3.50. The summed E-state index contributed by atoms with van der Waals surface area (Å²) in [5, 5.41) is 3.00. The SMILES string of the molecule is Cc1ccccc1NC(=O)C(c1ccccc1C)N(C(=O)CC1=CCCS1)c1cccc(F)c1. The van der Waals surface area contributed by atoms with E-state index in [1.165, 1.54) is 17.0 Å². The Balaban J connectivity index is 1.81. The second kappa shape index (κ2) is 10.7. The van der Waals surface area contributed by atoms with Gasteiger partial charge in [0.1, 0.15) is 11.9 Å². The minimum atomic E-state index is -0.970. The molecular formula is C28H27FN2O2S. The van der Waals surface area contributed by atoms with Crippen LogP contribution < -0.4 is 10.2 Å². The first kappa shape index (κ1) is 23.8. The molecule has 3 aromatic rings. The Morgan fingerprint density at radius 3 is 2.41 bits per heavy atom. The van der Waals surface area contributed by atoms with Gasteiger partial charge in [-0.1, -0.05) is 54.6 Å². The molecule has 0 aliphatic carbocycles. The predicted octanol–water partition coefficient (Wildman–Crippen LogP) is 6.57. The van der Waals surface area contributed by atoms with Crippen molar-refractivity contribution in [1.29, 1.82) is 0 Å². The first-order valence-corrected chi connectivity index (χ1v) is 12.2. The van der Waals surface area contributed by atoms with Crippen molar-refractivity contribution in [2.45, 2.75) is 32.7 Å². The summed E-state index contributed by atoms with van der Waals surface area (Å²) in [6, 6.07) is 19.9. The van der Waals surface area contributed by atoms with Gasteiger partial charge < -0.3 is 5.32 Å². The minimum Gasteiger partial charge on any atom is -0.324 e. The first-order chi connectivity index (χ1) is 16.4. The fourth-order valence-electron chi connectivity index (χ4n) is 4.09. The lowest BCUT2D eigenvalue weighted by Gasteiger charge is -2.32. The van der Waals surface area contributed by atoms with Crippen LogP contribution >= 0.6 is 11.8 Å². The van der Waals surface area contributed by atoms with Gasteiger partial charge in [-0.15, -0.1) is 11.8 Å². The van der Waals surface area contributed by atoms with E-state index in [9.17, 15) is 14.0 Å². The molecule has 34 heavy (non-hydrogen) atoms. The van der Waals surface area contributed by atoms with Crippen molar-refractivity contribution in [3.8, 4) is 0 Å². The Morgan fingerprint density at radius 1 is 1.00 bits per heavy atom. The van der Waals surface area contributed by atoms with Crippen LogP contribution in [0.25, 0.3) is 0 Å². The van der Waals surface area contributed by atoms with Crippen molar-refractivity contribution in [2.24, 2.45) is 0 Å². The molecule has 1 unspecified atom stereocenters. The quantitative estimate of drug-likeness (QED) is 0.422. The van der Waals surface area contributed by atoms with Gasteiger partial charge in [-0.05, 0) is 66.1 Å². The molecule has 1 aliphatic heterocycles. The third-order valence-electron chi connectivity index (χ3n) is 5.85. The highest BCUT2D eigenvalue weighted by atomic mass is 32.2. The summed E-state index contributed by atoms with van der Waals surface area (Å²) in [6.45, 7) is 3.82. The summed E-state index contributed by atoms with van der Waals surface area (Å²) in [5.74, 6) is -0.126. The number of thioether (sulfide) groups is 1. The van der Waals surface area contributed by atoms with Crippen molar-refractivity contribution in [3.63, 3.8) is 0 Å². The number of hydrogen-bond donors (Lipinski definition) is 1. The molecule has 0 spiro atoms. The van der Waals surface area contributed by atoms with Crippen LogP contribution in [-0.4, -0.2) is 17.6 Å². The smallest absolute Gasteiger partial charge is 0.252 e. The van der Waals surface area contributed by atoms with E-state index in [4.69, 9.17) is 0 Å². The number of anilines is 2. The second-order valence-electron chi connectivity index (χ2n) is 8.29. The Morgan fingerprint density at radius 2 is 1.74 bits per heavy atom. The lowest BCUT2D eigenvalue weighted by Crippen LogP contribution is -2.42. The van der Waals surface area contributed by atoms with Crippen LogP contribution in [-0.2, 0) is 9.59 Å². The molecule has 1 N–H and O–H groups in total. The largest absolute Gasteiger partial charge is 0.324 e. The fourth-order valence-corrected chi connectivity index (χ4v) is 5.05. The number of aryl methyl sites for hydroxylation is 2. The molecule has 0 aromatic heterocycles.